The highest BCUT2D eigenvalue weighted by atomic mass is 19.1. The molecule has 0 aliphatic heterocycles. The Labute approximate surface area is 175 Å². The van der Waals surface area contributed by atoms with Crippen molar-refractivity contribution in [2.24, 2.45) is 0 Å². The van der Waals surface area contributed by atoms with Crippen molar-refractivity contribution in [3.8, 4) is 11.1 Å². The molecule has 154 valence electrons. The first-order chi connectivity index (χ1) is 14.5. The summed E-state index contributed by atoms with van der Waals surface area (Å²) in [6, 6.07) is 12.0. The molecule has 0 unspecified atom stereocenters. The number of aromatic nitrogens is 2. The molecule has 2 saturated carbocycles. The zero-order valence-corrected chi connectivity index (χ0v) is 17.3. The number of carbonyl (C=O) groups excluding carboxylic acids is 1. The second-order valence-corrected chi connectivity index (χ2v) is 8.45. The van der Waals surface area contributed by atoms with Crippen molar-refractivity contribution in [3.63, 3.8) is 0 Å². The summed E-state index contributed by atoms with van der Waals surface area (Å²) < 4.78 is 14.5. The first-order valence-electron chi connectivity index (χ1n) is 10.6. The molecule has 0 radical (unpaired) electrons. The van der Waals surface area contributed by atoms with E-state index >= 15 is 0 Å². The number of carbonyl (C=O) groups is 1. The molecule has 1 aromatic heterocycles. The van der Waals surface area contributed by atoms with Crippen LogP contribution in [-0.2, 0) is 11.3 Å². The summed E-state index contributed by atoms with van der Waals surface area (Å²) >= 11 is 0. The fraction of sp³-hybridized carbons (Fsp3) is 0.375. The molecule has 0 bridgehead atoms. The fourth-order valence-corrected chi connectivity index (χ4v) is 3.90. The molecule has 5 rings (SSSR count). The van der Waals surface area contributed by atoms with Crippen molar-refractivity contribution >= 4 is 22.6 Å². The van der Waals surface area contributed by atoms with Gasteiger partial charge >= 0.3 is 0 Å². The fourth-order valence-electron chi connectivity index (χ4n) is 3.90. The minimum atomic E-state index is -0.276. The third-order valence-electron chi connectivity index (χ3n) is 5.84. The number of benzene rings is 2. The lowest BCUT2D eigenvalue weighted by Crippen LogP contribution is -2.30. The number of nitrogens with one attached hydrogen (secondary N) is 1. The van der Waals surface area contributed by atoms with Crippen LogP contribution in [0.15, 0.2) is 36.4 Å². The highest BCUT2D eigenvalue weighted by Gasteiger charge is 2.31. The summed E-state index contributed by atoms with van der Waals surface area (Å²) in [6.07, 6.45) is 4.34. The average Bonchev–Trinajstić information content (AvgIpc) is 3.62. The molecule has 2 fully saturated rings. The largest absolute Gasteiger partial charge is 0.367 e. The van der Waals surface area contributed by atoms with Crippen molar-refractivity contribution < 1.29 is 9.18 Å². The molecule has 2 aliphatic carbocycles. The van der Waals surface area contributed by atoms with Crippen LogP contribution in [0.1, 0.15) is 44.0 Å². The van der Waals surface area contributed by atoms with Crippen LogP contribution >= 0.6 is 0 Å². The molecule has 3 aromatic rings. The summed E-state index contributed by atoms with van der Waals surface area (Å²) in [5, 5.41) is 4.47. The summed E-state index contributed by atoms with van der Waals surface area (Å²) in [4.78, 5) is 22.9. The van der Waals surface area contributed by atoms with E-state index in [-0.39, 0.29) is 17.8 Å². The average molecular weight is 404 g/mol. The first-order valence-corrected chi connectivity index (χ1v) is 10.6. The standard InChI is InChI=1S/C24H25FN4O/c1-14-26-23-10-4-17(12-21(23)24(27-14)28-19-5-6-19)16-3-9-22(25)18(11-16)13-29(15(2)30)20-7-8-20/h3-4,9-12,19-20H,5-8,13H2,1-2H3,(H,26,27,28). The van der Waals surface area contributed by atoms with Crippen molar-refractivity contribution in [2.75, 3.05) is 5.32 Å². The van der Waals surface area contributed by atoms with Crippen LogP contribution in [0, 0.1) is 12.7 Å². The Hall–Kier alpha value is -3.02. The number of nitrogens with zero attached hydrogens (tertiary/aromatic N) is 3. The molecule has 1 heterocycles. The van der Waals surface area contributed by atoms with E-state index in [1.54, 1.807) is 17.9 Å². The third kappa shape index (κ3) is 3.86. The van der Waals surface area contributed by atoms with Gasteiger partial charge in [-0.15, -0.1) is 0 Å². The molecule has 6 heteroatoms. The van der Waals surface area contributed by atoms with Gasteiger partial charge < -0.3 is 10.2 Å². The Kier molecular flexibility index (Phi) is 4.65. The van der Waals surface area contributed by atoms with Gasteiger partial charge in [0.15, 0.2) is 0 Å². The first kappa shape index (κ1) is 19.0. The number of hydrogen-bond acceptors (Lipinski definition) is 4. The van der Waals surface area contributed by atoms with Gasteiger partial charge in [0.25, 0.3) is 0 Å². The van der Waals surface area contributed by atoms with Gasteiger partial charge in [-0.05, 0) is 68.0 Å². The molecule has 2 aromatic carbocycles. The number of amides is 1. The van der Waals surface area contributed by atoms with E-state index < -0.39 is 0 Å². The lowest BCUT2D eigenvalue weighted by molar-refractivity contribution is -0.130. The van der Waals surface area contributed by atoms with Crippen LogP contribution in [0.5, 0.6) is 0 Å². The van der Waals surface area contributed by atoms with E-state index in [4.69, 9.17) is 0 Å². The number of anilines is 1. The molecule has 0 atom stereocenters. The maximum atomic E-state index is 14.5. The Morgan fingerprint density at radius 1 is 1.10 bits per heavy atom. The highest BCUT2D eigenvalue weighted by molar-refractivity contribution is 5.93. The number of rotatable bonds is 6. The van der Waals surface area contributed by atoms with Gasteiger partial charge in [0.2, 0.25) is 5.91 Å². The van der Waals surface area contributed by atoms with Gasteiger partial charge in [-0.2, -0.15) is 0 Å². The van der Waals surface area contributed by atoms with Gasteiger partial charge in [0.05, 0.1) is 5.52 Å². The van der Waals surface area contributed by atoms with Gasteiger partial charge in [-0.1, -0.05) is 12.1 Å². The predicted octanol–water partition coefficient (Wildman–Crippen LogP) is 4.83. The monoisotopic (exact) mass is 404 g/mol. The van der Waals surface area contributed by atoms with Gasteiger partial charge in [0, 0.05) is 36.5 Å². The van der Waals surface area contributed by atoms with E-state index in [9.17, 15) is 9.18 Å². The Morgan fingerprint density at radius 2 is 1.83 bits per heavy atom. The van der Waals surface area contributed by atoms with Crippen LogP contribution in [-0.4, -0.2) is 32.9 Å². The molecule has 0 saturated heterocycles. The minimum Gasteiger partial charge on any atom is -0.367 e. The van der Waals surface area contributed by atoms with E-state index in [2.05, 4.69) is 21.4 Å². The maximum Gasteiger partial charge on any atom is 0.219 e. The van der Waals surface area contributed by atoms with E-state index in [1.165, 1.54) is 18.9 Å². The lowest BCUT2D eigenvalue weighted by Gasteiger charge is -2.21. The summed E-state index contributed by atoms with van der Waals surface area (Å²) in [7, 11) is 0. The SMILES string of the molecule is CC(=O)N(Cc1cc(-c2ccc3nc(C)nc(NC4CC4)c3c2)ccc1F)C1CC1. The second kappa shape index (κ2) is 7.35. The normalized spacial score (nSPS) is 16.0. The van der Waals surface area contributed by atoms with E-state index in [1.807, 2.05) is 25.1 Å². The highest BCUT2D eigenvalue weighted by Crippen LogP contribution is 2.33. The van der Waals surface area contributed by atoms with Crippen LogP contribution in [0.4, 0.5) is 10.2 Å². The third-order valence-corrected chi connectivity index (χ3v) is 5.84. The maximum absolute atomic E-state index is 14.5. The van der Waals surface area contributed by atoms with Crippen LogP contribution in [0.3, 0.4) is 0 Å². The zero-order chi connectivity index (χ0) is 20.8. The molecular weight excluding hydrogens is 379 g/mol. The van der Waals surface area contributed by atoms with Gasteiger partial charge in [0.1, 0.15) is 17.5 Å². The number of fused-ring (bicyclic) bond motifs is 1. The van der Waals surface area contributed by atoms with Gasteiger partial charge in [-0.3, -0.25) is 4.79 Å². The topological polar surface area (TPSA) is 58.1 Å². The van der Waals surface area contributed by atoms with Crippen LogP contribution in [0.25, 0.3) is 22.0 Å². The van der Waals surface area contributed by atoms with Crippen molar-refractivity contribution in [1.82, 2.24) is 14.9 Å². The molecular formula is C24H25FN4O. The smallest absolute Gasteiger partial charge is 0.219 e. The molecule has 2 aliphatic rings. The number of hydrogen-bond donors (Lipinski definition) is 1. The van der Waals surface area contributed by atoms with Gasteiger partial charge in [-0.25, -0.2) is 14.4 Å². The summed E-state index contributed by atoms with van der Waals surface area (Å²) in [5.74, 6) is 1.32. The van der Waals surface area contributed by atoms with E-state index in [0.29, 0.717) is 18.2 Å². The van der Waals surface area contributed by atoms with Crippen molar-refractivity contribution in [1.29, 1.82) is 0 Å². The quantitative estimate of drug-likeness (QED) is 0.639. The molecule has 0 spiro atoms. The Balaban J connectivity index is 1.51. The lowest BCUT2D eigenvalue weighted by atomic mass is 10.0. The Morgan fingerprint density at radius 3 is 2.53 bits per heavy atom. The molecule has 30 heavy (non-hydrogen) atoms. The van der Waals surface area contributed by atoms with Crippen LogP contribution in [0.2, 0.25) is 0 Å². The Bertz CT molecular complexity index is 1140. The predicted molar refractivity (Wildman–Crippen MR) is 116 cm³/mol. The molecule has 5 nitrogen and oxygen atoms in total. The van der Waals surface area contributed by atoms with Crippen molar-refractivity contribution in [3.05, 3.63) is 53.6 Å². The molecule has 1 amide bonds. The minimum absolute atomic E-state index is 0.00341. The van der Waals surface area contributed by atoms with Crippen LogP contribution < -0.4 is 5.32 Å². The summed E-state index contributed by atoms with van der Waals surface area (Å²) in [6.45, 7) is 3.77. The number of aryl methyl sites for hydroxylation is 1. The molecule has 1 N–H and O–H groups in total. The second-order valence-electron chi connectivity index (χ2n) is 8.45. The van der Waals surface area contributed by atoms with E-state index in [0.717, 1.165) is 46.5 Å². The summed E-state index contributed by atoms with van der Waals surface area (Å²) in [5.41, 5.74) is 3.35. The number of halogens is 1. The van der Waals surface area contributed by atoms with Crippen molar-refractivity contribution in [2.45, 2.75) is 58.2 Å². The zero-order valence-electron chi connectivity index (χ0n) is 17.3.